The summed E-state index contributed by atoms with van der Waals surface area (Å²) in [5, 5.41) is 3.03. The highest BCUT2D eigenvalue weighted by atomic mass is 16.5. The molecule has 0 bridgehead atoms. The Kier molecular flexibility index (Phi) is 3.44. The molecule has 0 aromatic rings. The molecule has 0 radical (unpaired) electrons. The Hall–Kier alpha value is -0.570. The van der Waals surface area contributed by atoms with Gasteiger partial charge in [-0.05, 0) is 53.4 Å². The molecule has 0 aromatic heterocycles. The van der Waals surface area contributed by atoms with Crippen molar-refractivity contribution < 1.29 is 9.53 Å². The van der Waals surface area contributed by atoms with Crippen molar-refractivity contribution in [2.45, 2.75) is 58.6 Å². The summed E-state index contributed by atoms with van der Waals surface area (Å²) in [7, 11) is 0. The number of carbonyl (C=O) groups is 1. The van der Waals surface area contributed by atoms with Gasteiger partial charge in [-0.1, -0.05) is 0 Å². The molecule has 0 saturated heterocycles. The molecule has 1 N–H and O–H groups in total. The first-order chi connectivity index (χ1) is 6.71. The second kappa shape index (κ2) is 4.12. The first-order valence-electron chi connectivity index (χ1n) is 5.66. The number of nitrogens with one attached hydrogen (secondary N) is 1. The lowest BCUT2D eigenvalue weighted by Crippen LogP contribution is -2.47. The summed E-state index contributed by atoms with van der Waals surface area (Å²) in [4.78, 5) is 11.6. The van der Waals surface area contributed by atoms with Crippen LogP contribution in [0.25, 0.3) is 0 Å². The zero-order valence-corrected chi connectivity index (χ0v) is 10.5. The Bertz CT molecular complexity index is 236. The van der Waals surface area contributed by atoms with E-state index in [1.807, 2.05) is 20.8 Å². The molecule has 1 saturated carbocycles. The lowest BCUT2D eigenvalue weighted by Gasteiger charge is -2.27. The van der Waals surface area contributed by atoms with Crippen LogP contribution in [-0.4, -0.2) is 23.7 Å². The maximum absolute atomic E-state index is 11.6. The minimum absolute atomic E-state index is 0.0122. The Balaban J connectivity index is 2.29. The van der Waals surface area contributed by atoms with E-state index in [0.29, 0.717) is 5.92 Å². The second-order valence-electron chi connectivity index (χ2n) is 5.95. The summed E-state index contributed by atoms with van der Waals surface area (Å²) in [6, 6.07) is 0. The number of carbonyl (C=O) groups excluding carboxylic acids is 1. The van der Waals surface area contributed by atoms with Gasteiger partial charge >= 0.3 is 0 Å². The van der Waals surface area contributed by atoms with Gasteiger partial charge in [0.1, 0.15) is 6.61 Å². The van der Waals surface area contributed by atoms with Crippen molar-refractivity contribution in [3.8, 4) is 0 Å². The molecule has 3 nitrogen and oxygen atoms in total. The molecule has 0 unspecified atom stereocenters. The molecular weight excluding hydrogens is 190 g/mol. The summed E-state index contributed by atoms with van der Waals surface area (Å²) >= 11 is 0. The van der Waals surface area contributed by atoms with E-state index in [-0.39, 0.29) is 23.7 Å². The van der Waals surface area contributed by atoms with E-state index in [1.165, 1.54) is 12.8 Å². The summed E-state index contributed by atoms with van der Waals surface area (Å²) in [6.45, 7) is 10.2. The highest BCUT2D eigenvalue weighted by Crippen LogP contribution is 2.39. The molecule has 0 atom stereocenters. The number of hydrogen-bond acceptors (Lipinski definition) is 2. The van der Waals surface area contributed by atoms with Crippen molar-refractivity contribution in [2.75, 3.05) is 6.61 Å². The van der Waals surface area contributed by atoms with Crippen LogP contribution in [0.3, 0.4) is 0 Å². The van der Waals surface area contributed by atoms with Gasteiger partial charge in [0, 0.05) is 5.54 Å². The fourth-order valence-corrected chi connectivity index (χ4v) is 1.58. The highest BCUT2D eigenvalue weighted by Gasteiger charge is 2.38. The summed E-state index contributed by atoms with van der Waals surface area (Å²) in [6.07, 6.45) is 2.46. The summed E-state index contributed by atoms with van der Waals surface area (Å²) in [5.41, 5.74) is -0.320. The Morgan fingerprint density at radius 1 is 1.27 bits per heavy atom. The van der Waals surface area contributed by atoms with Gasteiger partial charge in [-0.15, -0.1) is 0 Å². The maximum Gasteiger partial charge on any atom is 0.246 e. The minimum atomic E-state index is -0.249. The van der Waals surface area contributed by atoms with E-state index < -0.39 is 0 Å². The van der Waals surface area contributed by atoms with Gasteiger partial charge in [-0.2, -0.15) is 0 Å². The molecule has 1 amide bonds. The largest absolute Gasteiger partial charge is 0.366 e. The smallest absolute Gasteiger partial charge is 0.246 e. The third-order valence-electron chi connectivity index (χ3n) is 2.70. The summed E-state index contributed by atoms with van der Waals surface area (Å²) < 4.78 is 5.43. The molecule has 88 valence electrons. The fourth-order valence-electron chi connectivity index (χ4n) is 1.58. The topological polar surface area (TPSA) is 38.3 Å². The van der Waals surface area contributed by atoms with Crippen molar-refractivity contribution in [1.82, 2.24) is 5.32 Å². The number of rotatable bonds is 4. The molecule has 15 heavy (non-hydrogen) atoms. The molecule has 1 fully saturated rings. The van der Waals surface area contributed by atoms with Crippen LogP contribution in [0.2, 0.25) is 0 Å². The van der Waals surface area contributed by atoms with Gasteiger partial charge in [0.05, 0.1) is 5.60 Å². The zero-order chi connectivity index (χ0) is 11.7. The molecule has 3 heteroatoms. The van der Waals surface area contributed by atoms with Crippen LogP contribution in [0, 0.1) is 5.92 Å². The summed E-state index contributed by atoms with van der Waals surface area (Å²) in [5.74, 6) is 0.637. The SMILES string of the molecule is CC(C)(C)OCC(=O)NC(C)(C)C1CC1. The highest BCUT2D eigenvalue weighted by molar-refractivity contribution is 5.78. The van der Waals surface area contributed by atoms with E-state index in [2.05, 4.69) is 19.2 Å². The van der Waals surface area contributed by atoms with Gasteiger partial charge in [0.15, 0.2) is 0 Å². The van der Waals surface area contributed by atoms with Gasteiger partial charge in [-0.25, -0.2) is 0 Å². The van der Waals surface area contributed by atoms with Crippen molar-refractivity contribution in [3.63, 3.8) is 0 Å². The average Bonchev–Trinajstić information content (AvgIpc) is 2.80. The first kappa shape index (κ1) is 12.5. The number of hydrogen-bond donors (Lipinski definition) is 1. The van der Waals surface area contributed by atoms with Crippen molar-refractivity contribution in [2.24, 2.45) is 5.92 Å². The van der Waals surface area contributed by atoms with E-state index in [9.17, 15) is 4.79 Å². The molecule has 0 heterocycles. The third kappa shape index (κ3) is 4.65. The molecule has 0 aromatic carbocycles. The van der Waals surface area contributed by atoms with Crippen LogP contribution >= 0.6 is 0 Å². The Morgan fingerprint density at radius 3 is 2.20 bits per heavy atom. The molecular formula is C12H23NO2. The predicted molar refractivity (Wildman–Crippen MR) is 60.7 cm³/mol. The Morgan fingerprint density at radius 2 is 1.80 bits per heavy atom. The Labute approximate surface area is 92.6 Å². The van der Waals surface area contributed by atoms with Crippen LogP contribution in [0.1, 0.15) is 47.5 Å². The van der Waals surface area contributed by atoms with Crippen LogP contribution in [0.5, 0.6) is 0 Å². The van der Waals surface area contributed by atoms with Crippen molar-refractivity contribution in [1.29, 1.82) is 0 Å². The van der Waals surface area contributed by atoms with E-state index >= 15 is 0 Å². The van der Waals surface area contributed by atoms with Gasteiger partial charge in [0.2, 0.25) is 5.91 Å². The molecule has 1 aliphatic carbocycles. The lowest BCUT2D eigenvalue weighted by molar-refractivity contribution is -0.132. The lowest BCUT2D eigenvalue weighted by atomic mass is 9.99. The fraction of sp³-hybridized carbons (Fsp3) is 0.917. The average molecular weight is 213 g/mol. The normalized spacial score (nSPS) is 17.7. The monoisotopic (exact) mass is 213 g/mol. The number of ether oxygens (including phenoxy) is 1. The van der Waals surface area contributed by atoms with E-state index in [0.717, 1.165) is 0 Å². The molecule has 1 aliphatic rings. The van der Waals surface area contributed by atoms with E-state index in [1.54, 1.807) is 0 Å². The number of amides is 1. The van der Waals surface area contributed by atoms with Crippen LogP contribution < -0.4 is 5.32 Å². The van der Waals surface area contributed by atoms with Crippen LogP contribution in [-0.2, 0) is 9.53 Å². The van der Waals surface area contributed by atoms with E-state index in [4.69, 9.17) is 4.74 Å². The maximum atomic E-state index is 11.6. The molecule has 0 aliphatic heterocycles. The predicted octanol–water partition coefficient (Wildman–Crippen LogP) is 2.11. The molecule has 0 spiro atoms. The zero-order valence-electron chi connectivity index (χ0n) is 10.5. The first-order valence-corrected chi connectivity index (χ1v) is 5.66. The third-order valence-corrected chi connectivity index (χ3v) is 2.70. The minimum Gasteiger partial charge on any atom is -0.366 e. The second-order valence-corrected chi connectivity index (χ2v) is 5.95. The van der Waals surface area contributed by atoms with Crippen LogP contribution in [0.4, 0.5) is 0 Å². The quantitative estimate of drug-likeness (QED) is 0.776. The standard InChI is InChI=1S/C12H23NO2/c1-11(2,3)15-8-10(14)13-12(4,5)9-6-7-9/h9H,6-8H2,1-5H3,(H,13,14). The van der Waals surface area contributed by atoms with Gasteiger partial charge < -0.3 is 10.1 Å². The molecule has 1 rings (SSSR count). The van der Waals surface area contributed by atoms with Crippen molar-refractivity contribution >= 4 is 5.91 Å². The van der Waals surface area contributed by atoms with Gasteiger partial charge in [-0.3, -0.25) is 4.79 Å². The van der Waals surface area contributed by atoms with Crippen LogP contribution in [0.15, 0.2) is 0 Å². The van der Waals surface area contributed by atoms with Crippen molar-refractivity contribution in [3.05, 3.63) is 0 Å². The van der Waals surface area contributed by atoms with Gasteiger partial charge in [0.25, 0.3) is 0 Å².